The van der Waals surface area contributed by atoms with Crippen LogP contribution in [0.5, 0.6) is 0 Å². The maximum atomic E-state index is 13.4. The topological polar surface area (TPSA) is 165 Å². The summed E-state index contributed by atoms with van der Waals surface area (Å²) in [5, 5.41) is 18.1. The molecule has 0 unspecified atom stereocenters. The lowest BCUT2D eigenvalue weighted by molar-refractivity contribution is -0.180. The fraction of sp³-hybridized carbons (Fsp3) is 0.167. The van der Waals surface area contributed by atoms with Crippen LogP contribution in [0.1, 0.15) is 53.3 Å². The number of nitrogens with zero attached hydrogens (tertiary/aromatic N) is 1. The molecule has 1 fully saturated rings. The van der Waals surface area contributed by atoms with E-state index in [1.807, 2.05) is 30.3 Å². The van der Waals surface area contributed by atoms with Gasteiger partial charge in [0.1, 0.15) is 19.3 Å². The first-order valence-electron chi connectivity index (χ1n) is 14.6. The van der Waals surface area contributed by atoms with Crippen molar-refractivity contribution in [1.82, 2.24) is 4.90 Å². The Hall–Kier alpha value is -6.10. The third kappa shape index (κ3) is 7.77. The monoisotopic (exact) mass is 635 g/mol. The summed E-state index contributed by atoms with van der Waals surface area (Å²) in [6.45, 7) is -0.280. The summed E-state index contributed by atoms with van der Waals surface area (Å²) in [6, 6.07) is 25.7. The van der Waals surface area contributed by atoms with E-state index in [1.54, 1.807) is 12.1 Å². The minimum Gasteiger partial charge on any atom is -0.478 e. The van der Waals surface area contributed by atoms with E-state index < -0.39 is 47.7 Å². The first-order valence-corrected chi connectivity index (χ1v) is 14.6. The zero-order chi connectivity index (χ0) is 33.5. The lowest BCUT2D eigenvalue weighted by Crippen LogP contribution is -2.67. The molecule has 238 valence electrons. The normalized spacial score (nSPS) is 15.3. The molecule has 0 spiro atoms. The molecule has 1 aliphatic heterocycles. The van der Waals surface area contributed by atoms with E-state index >= 15 is 0 Å². The highest BCUT2D eigenvalue weighted by molar-refractivity contribution is 6.09. The fourth-order valence-corrected chi connectivity index (χ4v) is 5.19. The molecule has 11 nitrogen and oxygen atoms in total. The van der Waals surface area contributed by atoms with Crippen molar-refractivity contribution >= 4 is 35.7 Å². The SMILES string of the molecule is O=C(O)c1ccc(COC(=O)c2cccc(CC(=O)N3C(=O)[C@H](Cc4ccccc4)[C@@H]3C(=O)OCc3ccc(C(=O)O)cc3)c2)cc1. The van der Waals surface area contributed by atoms with Crippen LogP contribution in [0, 0.1) is 5.92 Å². The van der Waals surface area contributed by atoms with Crippen LogP contribution in [-0.2, 0) is 49.9 Å². The number of carbonyl (C=O) groups is 6. The first kappa shape index (κ1) is 32.3. The zero-order valence-electron chi connectivity index (χ0n) is 24.9. The third-order valence-corrected chi connectivity index (χ3v) is 7.69. The van der Waals surface area contributed by atoms with Gasteiger partial charge in [-0.05, 0) is 65.1 Å². The summed E-state index contributed by atoms with van der Waals surface area (Å²) in [5.74, 6) is -5.58. The van der Waals surface area contributed by atoms with Gasteiger partial charge in [-0.1, -0.05) is 66.7 Å². The molecule has 2 amide bonds. The van der Waals surface area contributed by atoms with E-state index in [2.05, 4.69) is 0 Å². The molecule has 2 atom stereocenters. The van der Waals surface area contributed by atoms with Gasteiger partial charge in [-0.15, -0.1) is 0 Å². The van der Waals surface area contributed by atoms with Crippen molar-refractivity contribution < 1.29 is 48.5 Å². The van der Waals surface area contributed by atoms with Crippen molar-refractivity contribution in [3.05, 3.63) is 142 Å². The zero-order valence-corrected chi connectivity index (χ0v) is 24.9. The number of carboxylic acid groups (broad SMARTS) is 2. The van der Waals surface area contributed by atoms with Gasteiger partial charge in [0.15, 0.2) is 0 Å². The fourth-order valence-electron chi connectivity index (χ4n) is 5.19. The number of β-lactam (4-membered cyclic amide) rings is 1. The molecule has 0 bridgehead atoms. The number of carboxylic acids is 2. The van der Waals surface area contributed by atoms with Crippen LogP contribution in [0.25, 0.3) is 0 Å². The number of amides is 2. The number of carbonyl (C=O) groups excluding carboxylic acids is 4. The largest absolute Gasteiger partial charge is 0.478 e. The number of rotatable bonds is 12. The van der Waals surface area contributed by atoms with E-state index in [-0.39, 0.29) is 42.7 Å². The van der Waals surface area contributed by atoms with E-state index in [9.17, 15) is 28.8 Å². The Morgan fingerprint density at radius 2 is 1.17 bits per heavy atom. The van der Waals surface area contributed by atoms with Gasteiger partial charge in [-0.2, -0.15) is 0 Å². The predicted octanol–water partition coefficient (Wildman–Crippen LogP) is 4.32. The van der Waals surface area contributed by atoms with Gasteiger partial charge >= 0.3 is 23.9 Å². The lowest BCUT2D eigenvalue weighted by atomic mass is 9.81. The standard InChI is InChI=1S/C36H29NO10/c38-30(19-25-7-4-8-28(17-25)35(44)46-20-23-9-13-26(14-10-23)33(40)41)37-31(29(32(37)39)18-22-5-2-1-3-6-22)36(45)47-21-24-11-15-27(16-12-24)34(42)43/h1-17,29,31H,18-21H2,(H,40,41)(H,42,43)/t29-,31-/m1/s1. The second kappa shape index (κ2) is 14.3. The number of aromatic carboxylic acids is 2. The van der Waals surface area contributed by atoms with E-state index in [0.717, 1.165) is 10.5 Å². The molecule has 0 saturated carbocycles. The van der Waals surface area contributed by atoms with E-state index in [4.69, 9.17) is 19.7 Å². The highest BCUT2D eigenvalue weighted by Crippen LogP contribution is 2.32. The van der Waals surface area contributed by atoms with Crippen LogP contribution in [0.3, 0.4) is 0 Å². The lowest BCUT2D eigenvalue weighted by Gasteiger charge is -2.44. The number of benzene rings is 4. The van der Waals surface area contributed by atoms with Crippen LogP contribution >= 0.6 is 0 Å². The number of imide groups is 1. The molecule has 0 aliphatic carbocycles. The summed E-state index contributed by atoms with van der Waals surface area (Å²) in [5.41, 5.74) is 2.70. The quantitative estimate of drug-likeness (QED) is 0.169. The molecule has 47 heavy (non-hydrogen) atoms. The Kier molecular flexibility index (Phi) is 9.85. The smallest absolute Gasteiger partial charge is 0.338 e. The summed E-state index contributed by atoms with van der Waals surface area (Å²) >= 11 is 0. The molecule has 1 aliphatic rings. The predicted molar refractivity (Wildman–Crippen MR) is 165 cm³/mol. The Bertz CT molecular complexity index is 1820. The van der Waals surface area contributed by atoms with E-state index in [0.29, 0.717) is 16.7 Å². The van der Waals surface area contributed by atoms with Crippen molar-refractivity contribution in [2.24, 2.45) is 5.92 Å². The molecule has 0 radical (unpaired) electrons. The Labute approximate surface area is 269 Å². The minimum absolute atomic E-state index is 0.0778. The van der Waals surface area contributed by atoms with Crippen molar-refractivity contribution in [2.75, 3.05) is 0 Å². The molecule has 0 aromatic heterocycles. The average molecular weight is 636 g/mol. The molecule has 4 aromatic rings. The summed E-state index contributed by atoms with van der Waals surface area (Å²) < 4.78 is 10.8. The van der Waals surface area contributed by atoms with Crippen LogP contribution in [-0.4, -0.2) is 56.8 Å². The number of ether oxygens (including phenoxy) is 2. The van der Waals surface area contributed by atoms with E-state index in [1.165, 1.54) is 60.7 Å². The molecular weight excluding hydrogens is 606 g/mol. The molecule has 11 heteroatoms. The number of likely N-dealkylation sites (tertiary alicyclic amines) is 1. The minimum atomic E-state index is -1.17. The van der Waals surface area contributed by atoms with Gasteiger partial charge in [-0.3, -0.25) is 14.5 Å². The van der Waals surface area contributed by atoms with Crippen LogP contribution < -0.4 is 0 Å². The molecule has 1 heterocycles. The highest BCUT2D eigenvalue weighted by Gasteiger charge is 2.54. The van der Waals surface area contributed by atoms with Gasteiger partial charge < -0.3 is 19.7 Å². The van der Waals surface area contributed by atoms with Crippen LogP contribution in [0.4, 0.5) is 0 Å². The second-order valence-corrected chi connectivity index (χ2v) is 10.9. The van der Waals surface area contributed by atoms with Gasteiger partial charge in [0.2, 0.25) is 11.8 Å². The van der Waals surface area contributed by atoms with Gasteiger partial charge in [-0.25, -0.2) is 19.2 Å². The maximum Gasteiger partial charge on any atom is 0.338 e. The van der Waals surface area contributed by atoms with Gasteiger partial charge in [0.25, 0.3) is 0 Å². The molecule has 1 saturated heterocycles. The molecule has 5 rings (SSSR count). The number of hydrogen-bond acceptors (Lipinski definition) is 8. The Morgan fingerprint density at radius 3 is 1.74 bits per heavy atom. The summed E-state index contributed by atoms with van der Waals surface area (Å²) in [6.07, 6.45) is -0.0567. The van der Waals surface area contributed by atoms with Crippen LogP contribution in [0.2, 0.25) is 0 Å². The summed E-state index contributed by atoms with van der Waals surface area (Å²) in [7, 11) is 0. The van der Waals surface area contributed by atoms with Crippen LogP contribution in [0.15, 0.2) is 103 Å². The first-order chi connectivity index (χ1) is 22.6. The molecule has 2 N–H and O–H groups in total. The molecule has 4 aromatic carbocycles. The second-order valence-electron chi connectivity index (χ2n) is 10.9. The van der Waals surface area contributed by atoms with Gasteiger partial charge in [0, 0.05) is 0 Å². The van der Waals surface area contributed by atoms with Gasteiger partial charge in [0.05, 0.1) is 29.0 Å². The van der Waals surface area contributed by atoms with Crippen molar-refractivity contribution in [1.29, 1.82) is 0 Å². The maximum absolute atomic E-state index is 13.4. The Balaban J connectivity index is 1.25. The third-order valence-electron chi connectivity index (χ3n) is 7.69. The summed E-state index contributed by atoms with van der Waals surface area (Å²) in [4.78, 5) is 75.8. The highest BCUT2D eigenvalue weighted by atomic mass is 16.5. The number of esters is 2. The molecular formula is C36H29NO10. The Morgan fingerprint density at radius 1 is 0.617 bits per heavy atom. The number of hydrogen-bond donors (Lipinski definition) is 2. The average Bonchev–Trinajstić information content (AvgIpc) is 3.08. The van der Waals surface area contributed by atoms with Crippen molar-refractivity contribution in [3.63, 3.8) is 0 Å². The van der Waals surface area contributed by atoms with Crippen molar-refractivity contribution in [2.45, 2.75) is 32.1 Å². The van der Waals surface area contributed by atoms with Crippen molar-refractivity contribution in [3.8, 4) is 0 Å².